The van der Waals surface area contributed by atoms with E-state index < -0.39 is 0 Å². The van der Waals surface area contributed by atoms with Crippen LogP contribution in [0.25, 0.3) is 10.9 Å². The number of aromatic nitrogens is 1. The van der Waals surface area contributed by atoms with Gasteiger partial charge in [0.25, 0.3) is 5.91 Å². The number of anilines is 1. The SMILES string of the molecule is NCc1cn(C(=O)c2ccc(Cl)c(N)c2)c2ccccc12. The molecule has 4 nitrogen and oxygen atoms in total. The Kier molecular flexibility index (Phi) is 3.41. The van der Waals surface area contributed by atoms with E-state index in [0.29, 0.717) is 22.8 Å². The summed E-state index contributed by atoms with van der Waals surface area (Å²) in [5.41, 5.74) is 14.2. The molecule has 0 aliphatic heterocycles. The molecule has 0 atom stereocenters. The monoisotopic (exact) mass is 299 g/mol. The number of carbonyl (C=O) groups is 1. The topological polar surface area (TPSA) is 74.0 Å². The molecule has 0 saturated heterocycles. The first-order chi connectivity index (χ1) is 10.1. The van der Waals surface area contributed by atoms with Crippen molar-refractivity contribution in [2.45, 2.75) is 6.54 Å². The van der Waals surface area contributed by atoms with Gasteiger partial charge in [-0.05, 0) is 29.8 Å². The number of nitrogens with zero attached hydrogens (tertiary/aromatic N) is 1. The van der Waals surface area contributed by atoms with Gasteiger partial charge in [0.2, 0.25) is 0 Å². The molecule has 3 aromatic rings. The standard InChI is InChI=1S/C16H14ClN3O/c17-13-6-5-10(7-14(13)19)16(21)20-9-11(8-18)12-3-1-2-4-15(12)20/h1-7,9H,8,18-19H2. The Bertz CT molecular complexity index is 839. The number of nitrogens with two attached hydrogens (primary N) is 2. The van der Waals surface area contributed by atoms with Crippen LogP contribution < -0.4 is 11.5 Å². The number of rotatable bonds is 2. The van der Waals surface area contributed by atoms with Crippen molar-refractivity contribution in [3.05, 3.63) is 64.8 Å². The lowest BCUT2D eigenvalue weighted by Gasteiger charge is -2.06. The summed E-state index contributed by atoms with van der Waals surface area (Å²) in [6.07, 6.45) is 1.78. The highest BCUT2D eigenvalue weighted by molar-refractivity contribution is 6.33. The van der Waals surface area contributed by atoms with E-state index in [1.807, 2.05) is 24.3 Å². The van der Waals surface area contributed by atoms with Crippen LogP contribution in [-0.4, -0.2) is 10.5 Å². The van der Waals surface area contributed by atoms with Crippen LogP contribution in [0.1, 0.15) is 15.9 Å². The quantitative estimate of drug-likeness (QED) is 0.714. The maximum absolute atomic E-state index is 12.7. The lowest BCUT2D eigenvalue weighted by molar-refractivity contribution is 0.0965. The molecular weight excluding hydrogens is 286 g/mol. The second kappa shape index (κ2) is 5.24. The predicted molar refractivity (Wildman–Crippen MR) is 85.4 cm³/mol. The van der Waals surface area contributed by atoms with E-state index >= 15 is 0 Å². The van der Waals surface area contributed by atoms with Crippen LogP contribution >= 0.6 is 11.6 Å². The third-order valence-corrected chi connectivity index (χ3v) is 3.82. The first kappa shape index (κ1) is 13.7. The molecule has 21 heavy (non-hydrogen) atoms. The summed E-state index contributed by atoms with van der Waals surface area (Å²) in [4.78, 5) is 12.7. The Hall–Kier alpha value is -2.30. The zero-order valence-corrected chi connectivity index (χ0v) is 12.0. The minimum absolute atomic E-state index is 0.158. The van der Waals surface area contributed by atoms with Crippen molar-refractivity contribution < 1.29 is 4.79 Å². The van der Waals surface area contributed by atoms with Crippen molar-refractivity contribution in [2.75, 3.05) is 5.73 Å². The molecule has 0 saturated carbocycles. The average Bonchev–Trinajstić information content (AvgIpc) is 2.88. The van der Waals surface area contributed by atoms with Gasteiger partial charge in [0.05, 0.1) is 16.2 Å². The van der Waals surface area contributed by atoms with E-state index in [0.717, 1.165) is 16.5 Å². The minimum Gasteiger partial charge on any atom is -0.398 e. The highest BCUT2D eigenvalue weighted by Crippen LogP contribution is 2.24. The van der Waals surface area contributed by atoms with E-state index in [2.05, 4.69) is 0 Å². The fourth-order valence-electron chi connectivity index (χ4n) is 2.40. The van der Waals surface area contributed by atoms with Crippen LogP contribution in [0.4, 0.5) is 5.69 Å². The molecule has 0 amide bonds. The Morgan fingerprint density at radius 1 is 1.19 bits per heavy atom. The molecule has 3 rings (SSSR count). The van der Waals surface area contributed by atoms with Gasteiger partial charge in [-0.15, -0.1) is 0 Å². The predicted octanol–water partition coefficient (Wildman–Crippen LogP) is 3.02. The molecule has 1 heterocycles. The van der Waals surface area contributed by atoms with Gasteiger partial charge in [-0.1, -0.05) is 29.8 Å². The Morgan fingerprint density at radius 2 is 1.95 bits per heavy atom. The highest BCUT2D eigenvalue weighted by atomic mass is 35.5. The van der Waals surface area contributed by atoms with Gasteiger partial charge in [0.15, 0.2) is 0 Å². The molecule has 0 unspecified atom stereocenters. The van der Waals surface area contributed by atoms with Crippen molar-refractivity contribution in [3.63, 3.8) is 0 Å². The number of fused-ring (bicyclic) bond motifs is 1. The molecule has 0 radical (unpaired) electrons. The fraction of sp³-hybridized carbons (Fsp3) is 0.0625. The van der Waals surface area contributed by atoms with Crippen molar-refractivity contribution in [2.24, 2.45) is 5.73 Å². The van der Waals surface area contributed by atoms with Crippen LogP contribution in [0.3, 0.4) is 0 Å². The summed E-state index contributed by atoms with van der Waals surface area (Å²) in [5.74, 6) is -0.158. The maximum Gasteiger partial charge on any atom is 0.262 e. The Morgan fingerprint density at radius 3 is 2.67 bits per heavy atom. The van der Waals surface area contributed by atoms with Gasteiger partial charge in [0, 0.05) is 23.7 Å². The molecule has 4 N–H and O–H groups in total. The van der Waals surface area contributed by atoms with Gasteiger partial charge in [0.1, 0.15) is 0 Å². The maximum atomic E-state index is 12.7. The first-order valence-electron chi connectivity index (χ1n) is 6.50. The minimum atomic E-state index is -0.158. The summed E-state index contributed by atoms with van der Waals surface area (Å²) in [6, 6.07) is 12.5. The van der Waals surface area contributed by atoms with E-state index in [9.17, 15) is 4.79 Å². The van der Waals surface area contributed by atoms with Crippen molar-refractivity contribution in [3.8, 4) is 0 Å². The van der Waals surface area contributed by atoms with Crippen LogP contribution in [0, 0.1) is 0 Å². The molecule has 0 spiro atoms. The van der Waals surface area contributed by atoms with Crippen molar-refractivity contribution in [1.82, 2.24) is 4.57 Å². The number of para-hydroxylation sites is 1. The second-order valence-electron chi connectivity index (χ2n) is 4.79. The van der Waals surface area contributed by atoms with E-state index in [1.165, 1.54) is 0 Å². The number of nitrogen functional groups attached to an aromatic ring is 1. The molecule has 1 aromatic heterocycles. The smallest absolute Gasteiger partial charge is 0.262 e. The molecule has 0 aliphatic carbocycles. The molecule has 106 valence electrons. The normalized spacial score (nSPS) is 11.0. The summed E-state index contributed by atoms with van der Waals surface area (Å²) < 4.78 is 1.60. The summed E-state index contributed by atoms with van der Waals surface area (Å²) in [6.45, 7) is 0.379. The Labute approximate surface area is 126 Å². The average molecular weight is 300 g/mol. The zero-order chi connectivity index (χ0) is 15.0. The number of hydrogen-bond acceptors (Lipinski definition) is 3. The Balaban J connectivity index is 2.15. The van der Waals surface area contributed by atoms with Gasteiger partial charge < -0.3 is 11.5 Å². The van der Waals surface area contributed by atoms with E-state index in [4.69, 9.17) is 23.1 Å². The number of carbonyl (C=O) groups excluding carboxylic acids is 1. The molecule has 0 aliphatic rings. The third-order valence-electron chi connectivity index (χ3n) is 3.48. The summed E-state index contributed by atoms with van der Waals surface area (Å²) in [5, 5.41) is 1.42. The lowest BCUT2D eigenvalue weighted by Crippen LogP contribution is -2.11. The molecule has 2 aromatic carbocycles. The van der Waals surface area contributed by atoms with Gasteiger partial charge in [-0.25, -0.2) is 0 Å². The molecule has 0 fully saturated rings. The number of halogens is 1. The number of hydrogen-bond donors (Lipinski definition) is 2. The highest BCUT2D eigenvalue weighted by Gasteiger charge is 2.15. The van der Waals surface area contributed by atoms with Gasteiger partial charge >= 0.3 is 0 Å². The summed E-state index contributed by atoms with van der Waals surface area (Å²) in [7, 11) is 0. The molecular formula is C16H14ClN3O. The van der Waals surface area contributed by atoms with Crippen molar-refractivity contribution in [1.29, 1.82) is 0 Å². The number of benzene rings is 2. The largest absolute Gasteiger partial charge is 0.398 e. The zero-order valence-electron chi connectivity index (χ0n) is 11.2. The van der Waals surface area contributed by atoms with Crippen LogP contribution in [-0.2, 0) is 6.54 Å². The van der Waals surface area contributed by atoms with Gasteiger partial charge in [-0.2, -0.15) is 0 Å². The molecule has 0 bridgehead atoms. The molecule has 5 heteroatoms. The van der Waals surface area contributed by atoms with Crippen molar-refractivity contribution >= 4 is 34.1 Å². The first-order valence-corrected chi connectivity index (χ1v) is 6.88. The second-order valence-corrected chi connectivity index (χ2v) is 5.19. The lowest BCUT2D eigenvalue weighted by atomic mass is 10.1. The van der Waals surface area contributed by atoms with E-state index in [1.54, 1.807) is 29.0 Å². The van der Waals surface area contributed by atoms with Crippen LogP contribution in [0.5, 0.6) is 0 Å². The van der Waals surface area contributed by atoms with Crippen LogP contribution in [0.2, 0.25) is 5.02 Å². The van der Waals surface area contributed by atoms with E-state index in [-0.39, 0.29) is 5.91 Å². The summed E-state index contributed by atoms with van der Waals surface area (Å²) >= 11 is 5.89. The fourth-order valence-corrected chi connectivity index (χ4v) is 2.51. The van der Waals surface area contributed by atoms with Gasteiger partial charge in [-0.3, -0.25) is 9.36 Å². The van der Waals surface area contributed by atoms with Crippen LogP contribution in [0.15, 0.2) is 48.7 Å². The third kappa shape index (κ3) is 2.28.